The number of benzene rings is 1. The van der Waals surface area contributed by atoms with E-state index in [0.717, 1.165) is 0 Å². The third kappa shape index (κ3) is 3.21. The molecular weight excluding hydrogens is 366 g/mol. The van der Waals surface area contributed by atoms with Crippen LogP contribution in [0.5, 0.6) is 0 Å². The van der Waals surface area contributed by atoms with E-state index in [9.17, 15) is 26.0 Å². The molecular formula is C13H15F4N5O2S. The molecule has 7 nitrogen and oxygen atoms in total. The topological polar surface area (TPSA) is 91.0 Å². The zero-order valence-corrected chi connectivity index (χ0v) is 13.6. The summed E-state index contributed by atoms with van der Waals surface area (Å²) < 4.78 is 75.5. The first kappa shape index (κ1) is 18.0. The van der Waals surface area contributed by atoms with Crippen LogP contribution in [0.15, 0.2) is 23.2 Å². The quantitative estimate of drug-likeness (QED) is 0.751. The highest BCUT2D eigenvalue weighted by Crippen LogP contribution is 2.30. The van der Waals surface area contributed by atoms with Crippen molar-refractivity contribution in [2.75, 3.05) is 19.6 Å². The third-order valence-electron chi connectivity index (χ3n) is 3.99. The number of nitrogens with two attached hydrogens (primary N) is 1. The average molecular weight is 381 g/mol. The zero-order valence-electron chi connectivity index (χ0n) is 12.8. The summed E-state index contributed by atoms with van der Waals surface area (Å²) in [5.74, 6) is -0.448. The number of nitrogens with zero attached hydrogens (tertiary/aromatic N) is 3. The van der Waals surface area contributed by atoms with Gasteiger partial charge in [0, 0.05) is 25.2 Å². The number of hydrazine groups is 1. The summed E-state index contributed by atoms with van der Waals surface area (Å²) in [6.45, 7) is -0.754. The van der Waals surface area contributed by atoms with Crippen LogP contribution < -0.4 is 11.2 Å². The fourth-order valence-corrected chi connectivity index (χ4v) is 3.55. The molecule has 12 heteroatoms. The number of halogens is 4. The normalized spacial score (nSPS) is 22.0. The van der Waals surface area contributed by atoms with Crippen LogP contribution in [0.4, 0.5) is 17.6 Å². The number of sulfonamides is 1. The molecule has 0 aliphatic carbocycles. The lowest BCUT2D eigenvalue weighted by atomic mass is 10.1. The van der Waals surface area contributed by atoms with Crippen LogP contribution in [-0.2, 0) is 16.6 Å². The zero-order chi connectivity index (χ0) is 18.4. The van der Waals surface area contributed by atoms with Crippen LogP contribution in [0.1, 0.15) is 17.3 Å². The number of amidine groups is 1. The molecule has 0 bridgehead atoms. The van der Waals surface area contributed by atoms with E-state index in [0.29, 0.717) is 9.87 Å². The molecule has 1 aromatic carbocycles. The number of aliphatic imine (C=N–C) groups is 1. The van der Waals surface area contributed by atoms with Crippen molar-refractivity contribution in [1.29, 1.82) is 0 Å². The molecule has 0 aromatic heterocycles. The number of hydrogen-bond acceptors (Lipinski definition) is 6. The predicted octanol–water partition coefficient (Wildman–Crippen LogP) is 0.667. The van der Waals surface area contributed by atoms with E-state index in [1.54, 1.807) is 6.07 Å². The molecule has 1 saturated heterocycles. The maximum atomic E-state index is 14.2. The molecule has 0 radical (unpaired) electrons. The van der Waals surface area contributed by atoms with E-state index in [2.05, 4.69) is 10.4 Å². The van der Waals surface area contributed by atoms with Crippen molar-refractivity contribution < 1.29 is 26.0 Å². The minimum absolute atomic E-state index is 0.0346. The minimum Gasteiger partial charge on any atom is -0.326 e. The Kier molecular flexibility index (Phi) is 4.47. The lowest BCUT2D eigenvalue weighted by Gasteiger charge is -2.33. The molecule has 2 heterocycles. The molecule has 1 unspecified atom stereocenters. The van der Waals surface area contributed by atoms with E-state index in [4.69, 9.17) is 5.73 Å². The SMILES string of the molecule is NCc1ccc(C2N=C3CN(S(=O)(=O)C(F)(F)F)CCN3N2)c(F)c1. The summed E-state index contributed by atoms with van der Waals surface area (Å²) in [5.41, 5.74) is 3.71. The van der Waals surface area contributed by atoms with Gasteiger partial charge in [0.1, 0.15) is 17.8 Å². The third-order valence-corrected chi connectivity index (χ3v) is 5.56. The maximum absolute atomic E-state index is 14.2. The van der Waals surface area contributed by atoms with E-state index < -0.39 is 34.1 Å². The van der Waals surface area contributed by atoms with Crippen LogP contribution in [0.2, 0.25) is 0 Å². The molecule has 1 aromatic rings. The highest BCUT2D eigenvalue weighted by Gasteiger charge is 2.51. The van der Waals surface area contributed by atoms with E-state index >= 15 is 0 Å². The summed E-state index contributed by atoms with van der Waals surface area (Å²) in [4.78, 5) is 4.13. The van der Waals surface area contributed by atoms with Crippen molar-refractivity contribution in [3.8, 4) is 0 Å². The van der Waals surface area contributed by atoms with Crippen molar-refractivity contribution in [3.63, 3.8) is 0 Å². The maximum Gasteiger partial charge on any atom is 0.511 e. The summed E-state index contributed by atoms with van der Waals surface area (Å²) >= 11 is 0. The molecule has 3 N–H and O–H groups in total. The van der Waals surface area contributed by atoms with Crippen molar-refractivity contribution in [2.24, 2.45) is 10.7 Å². The van der Waals surface area contributed by atoms with Crippen LogP contribution in [-0.4, -0.2) is 48.7 Å². The van der Waals surface area contributed by atoms with Gasteiger partial charge in [0.05, 0.1) is 6.54 Å². The van der Waals surface area contributed by atoms with Gasteiger partial charge in [-0.1, -0.05) is 12.1 Å². The number of nitrogens with one attached hydrogen (secondary N) is 1. The smallest absolute Gasteiger partial charge is 0.326 e. The summed E-state index contributed by atoms with van der Waals surface area (Å²) in [6.07, 6.45) is -0.838. The Hall–Kier alpha value is -1.76. The number of piperazine rings is 1. The van der Waals surface area contributed by atoms with Gasteiger partial charge >= 0.3 is 15.5 Å². The largest absolute Gasteiger partial charge is 0.511 e. The molecule has 1 atom stereocenters. The van der Waals surface area contributed by atoms with Crippen LogP contribution in [0.25, 0.3) is 0 Å². The van der Waals surface area contributed by atoms with Crippen LogP contribution in [0.3, 0.4) is 0 Å². The molecule has 138 valence electrons. The number of rotatable bonds is 3. The summed E-state index contributed by atoms with van der Waals surface area (Å²) in [5, 5.41) is 1.43. The Morgan fingerprint density at radius 1 is 1.32 bits per heavy atom. The molecule has 3 rings (SSSR count). The Morgan fingerprint density at radius 3 is 2.64 bits per heavy atom. The Bertz CT molecular complexity index is 811. The van der Waals surface area contributed by atoms with Gasteiger partial charge in [-0.05, 0) is 11.6 Å². The van der Waals surface area contributed by atoms with Gasteiger partial charge in [0.2, 0.25) is 0 Å². The van der Waals surface area contributed by atoms with E-state index in [-0.39, 0.29) is 31.0 Å². The molecule has 0 saturated carbocycles. The van der Waals surface area contributed by atoms with Gasteiger partial charge in [-0.25, -0.2) is 23.2 Å². The lowest BCUT2D eigenvalue weighted by molar-refractivity contribution is -0.0489. The first-order valence-corrected chi connectivity index (χ1v) is 8.72. The lowest BCUT2D eigenvalue weighted by Crippen LogP contribution is -2.56. The molecule has 0 amide bonds. The molecule has 2 aliphatic rings. The Morgan fingerprint density at radius 2 is 2.04 bits per heavy atom. The minimum atomic E-state index is -5.43. The van der Waals surface area contributed by atoms with Crippen molar-refractivity contribution in [3.05, 3.63) is 35.1 Å². The van der Waals surface area contributed by atoms with Gasteiger partial charge in [-0.15, -0.1) is 0 Å². The fourth-order valence-electron chi connectivity index (χ4n) is 2.65. The van der Waals surface area contributed by atoms with Crippen LogP contribution >= 0.6 is 0 Å². The Balaban J connectivity index is 1.83. The monoisotopic (exact) mass is 381 g/mol. The van der Waals surface area contributed by atoms with Gasteiger partial charge < -0.3 is 5.73 Å². The standard InChI is InChI=1S/C13H15F4N5O2S/c14-10-5-8(6-18)1-2-9(10)12-19-11-7-21(3-4-22(11)20-12)25(23,24)13(15,16)17/h1-2,5,12,20H,3-4,6-7,18H2. The highest BCUT2D eigenvalue weighted by molar-refractivity contribution is 7.90. The van der Waals surface area contributed by atoms with Crippen LogP contribution in [0, 0.1) is 5.82 Å². The van der Waals surface area contributed by atoms with Crippen molar-refractivity contribution in [1.82, 2.24) is 14.7 Å². The number of alkyl halides is 3. The molecule has 0 spiro atoms. The van der Waals surface area contributed by atoms with Crippen molar-refractivity contribution in [2.45, 2.75) is 18.2 Å². The summed E-state index contributed by atoms with van der Waals surface area (Å²) in [7, 11) is -5.43. The summed E-state index contributed by atoms with van der Waals surface area (Å²) in [6, 6.07) is 4.37. The average Bonchev–Trinajstić information content (AvgIpc) is 2.96. The van der Waals surface area contributed by atoms with E-state index in [1.165, 1.54) is 17.1 Å². The fraction of sp³-hybridized carbons (Fsp3) is 0.462. The first-order valence-electron chi connectivity index (χ1n) is 7.28. The number of fused-ring (bicyclic) bond motifs is 1. The second-order valence-electron chi connectivity index (χ2n) is 5.57. The van der Waals surface area contributed by atoms with Gasteiger partial charge in [0.15, 0.2) is 0 Å². The first-order chi connectivity index (χ1) is 11.6. The molecule has 25 heavy (non-hydrogen) atoms. The highest BCUT2D eigenvalue weighted by atomic mass is 32.2. The predicted molar refractivity (Wildman–Crippen MR) is 80.9 cm³/mol. The molecule has 1 fully saturated rings. The Labute approximate surface area is 141 Å². The second-order valence-corrected chi connectivity index (χ2v) is 7.50. The molecule has 2 aliphatic heterocycles. The van der Waals surface area contributed by atoms with Gasteiger partial charge in [0.25, 0.3) is 0 Å². The van der Waals surface area contributed by atoms with Crippen molar-refractivity contribution >= 4 is 15.9 Å². The number of hydrogen-bond donors (Lipinski definition) is 2. The van der Waals surface area contributed by atoms with Gasteiger partial charge in [-0.3, -0.25) is 5.01 Å². The second kappa shape index (κ2) is 6.20. The van der Waals surface area contributed by atoms with E-state index in [1.807, 2.05) is 0 Å². The van der Waals surface area contributed by atoms with Gasteiger partial charge in [-0.2, -0.15) is 17.5 Å².